The number of halogens is 1. The van der Waals surface area contributed by atoms with Gasteiger partial charge in [0.25, 0.3) is 5.91 Å². The number of nitrogens with one attached hydrogen (secondary N) is 1. The number of aryl methyl sites for hydroxylation is 2. The number of carbonyl (C=O) groups is 1. The maximum absolute atomic E-state index is 12.7. The second kappa shape index (κ2) is 7.62. The van der Waals surface area contributed by atoms with Gasteiger partial charge in [0.05, 0.1) is 10.6 Å². The van der Waals surface area contributed by atoms with E-state index in [-0.39, 0.29) is 18.2 Å². The molecule has 3 aromatic rings. The van der Waals surface area contributed by atoms with Crippen LogP contribution in [0.25, 0.3) is 0 Å². The largest absolute Gasteiger partial charge is 0.487 e. The van der Waals surface area contributed by atoms with E-state index in [1.165, 1.54) is 0 Å². The molecule has 1 aromatic heterocycles. The van der Waals surface area contributed by atoms with Gasteiger partial charge in [-0.1, -0.05) is 41.0 Å². The van der Waals surface area contributed by atoms with Gasteiger partial charge < -0.3 is 14.6 Å². The molecule has 0 saturated carbocycles. The lowest BCUT2D eigenvalue weighted by molar-refractivity contribution is 0.101. The number of nitrogens with zero attached hydrogens (tertiary/aromatic N) is 1. The van der Waals surface area contributed by atoms with E-state index in [1.54, 1.807) is 19.1 Å². The Labute approximate surface area is 156 Å². The average Bonchev–Trinajstić information content (AvgIpc) is 2.99. The molecule has 0 spiro atoms. The van der Waals surface area contributed by atoms with Gasteiger partial charge in [-0.2, -0.15) is 0 Å². The summed E-state index contributed by atoms with van der Waals surface area (Å²) in [7, 11) is 0. The zero-order chi connectivity index (χ0) is 18.7. The van der Waals surface area contributed by atoms with Crippen molar-refractivity contribution in [3.63, 3.8) is 0 Å². The van der Waals surface area contributed by atoms with Crippen molar-refractivity contribution in [2.75, 3.05) is 5.32 Å². The third kappa shape index (κ3) is 3.73. The summed E-state index contributed by atoms with van der Waals surface area (Å²) in [6, 6.07) is 12.9. The second-order valence-electron chi connectivity index (χ2n) is 5.99. The molecular weight excluding hydrogens is 352 g/mol. The SMILES string of the molecule is Cc1cccc(NC(=O)c2noc(C)c2COc2ccccc2Cl)c1C. The van der Waals surface area contributed by atoms with Crippen molar-refractivity contribution in [2.45, 2.75) is 27.4 Å². The van der Waals surface area contributed by atoms with Crippen LogP contribution in [0.15, 0.2) is 47.0 Å². The van der Waals surface area contributed by atoms with E-state index in [1.807, 2.05) is 44.2 Å². The average molecular weight is 371 g/mol. The number of aromatic nitrogens is 1. The summed E-state index contributed by atoms with van der Waals surface area (Å²) in [5, 5.41) is 7.29. The van der Waals surface area contributed by atoms with E-state index in [9.17, 15) is 4.79 Å². The van der Waals surface area contributed by atoms with E-state index in [2.05, 4.69) is 10.5 Å². The van der Waals surface area contributed by atoms with Crippen LogP contribution < -0.4 is 10.1 Å². The molecule has 1 N–H and O–H groups in total. The molecule has 134 valence electrons. The maximum atomic E-state index is 12.7. The predicted molar refractivity (Wildman–Crippen MR) is 101 cm³/mol. The zero-order valence-corrected chi connectivity index (χ0v) is 15.6. The number of rotatable bonds is 5. The summed E-state index contributed by atoms with van der Waals surface area (Å²) in [4.78, 5) is 12.7. The predicted octanol–water partition coefficient (Wildman–Crippen LogP) is 5.08. The first-order chi connectivity index (χ1) is 12.5. The molecule has 0 radical (unpaired) electrons. The fourth-order valence-corrected chi connectivity index (χ4v) is 2.71. The molecule has 0 atom stereocenters. The van der Waals surface area contributed by atoms with Gasteiger partial charge in [0, 0.05) is 5.69 Å². The van der Waals surface area contributed by atoms with Crippen LogP contribution in [0, 0.1) is 20.8 Å². The molecule has 0 bridgehead atoms. The first kappa shape index (κ1) is 18.0. The van der Waals surface area contributed by atoms with Crippen LogP contribution in [0.5, 0.6) is 5.75 Å². The van der Waals surface area contributed by atoms with Crippen molar-refractivity contribution in [1.82, 2.24) is 5.16 Å². The summed E-state index contributed by atoms with van der Waals surface area (Å²) < 4.78 is 10.9. The number of benzene rings is 2. The number of anilines is 1. The van der Waals surface area contributed by atoms with Gasteiger partial charge in [0.1, 0.15) is 18.1 Å². The third-order valence-corrected chi connectivity index (χ3v) is 4.57. The smallest absolute Gasteiger partial charge is 0.278 e. The van der Waals surface area contributed by atoms with Crippen molar-refractivity contribution in [2.24, 2.45) is 0 Å². The molecule has 1 amide bonds. The van der Waals surface area contributed by atoms with Gasteiger partial charge in [-0.25, -0.2) is 0 Å². The fraction of sp³-hybridized carbons (Fsp3) is 0.200. The van der Waals surface area contributed by atoms with E-state index >= 15 is 0 Å². The molecular formula is C20H19ClN2O3. The van der Waals surface area contributed by atoms with Crippen molar-refractivity contribution < 1.29 is 14.1 Å². The summed E-state index contributed by atoms with van der Waals surface area (Å²) in [5.41, 5.74) is 3.65. The monoisotopic (exact) mass is 370 g/mol. The molecule has 6 heteroatoms. The summed E-state index contributed by atoms with van der Waals surface area (Å²) in [5.74, 6) is 0.729. The highest BCUT2D eigenvalue weighted by molar-refractivity contribution is 6.32. The van der Waals surface area contributed by atoms with Crippen LogP contribution in [0.2, 0.25) is 5.02 Å². The van der Waals surface area contributed by atoms with Gasteiger partial charge in [-0.3, -0.25) is 4.79 Å². The lowest BCUT2D eigenvalue weighted by Crippen LogP contribution is -2.16. The maximum Gasteiger partial charge on any atom is 0.278 e. The highest BCUT2D eigenvalue weighted by Gasteiger charge is 2.21. The number of carbonyl (C=O) groups excluding carboxylic acids is 1. The fourth-order valence-electron chi connectivity index (χ4n) is 2.52. The van der Waals surface area contributed by atoms with Gasteiger partial charge in [0.2, 0.25) is 0 Å². The Kier molecular flexibility index (Phi) is 5.28. The first-order valence-electron chi connectivity index (χ1n) is 8.17. The third-order valence-electron chi connectivity index (χ3n) is 4.26. The number of ether oxygens (including phenoxy) is 1. The molecule has 5 nitrogen and oxygen atoms in total. The Morgan fingerprint density at radius 2 is 1.92 bits per heavy atom. The highest BCUT2D eigenvalue weighted by atomic mass is 35.5. The van der Waals surface area contributed by atoms with Gasteiger partial charge >= 0.3 is 0 Å². The van der Waals surface area contributed by atoms with Crippen LogP contribution in [-0.2, 0) is 6.61 Å². The molecule has 1 heterocycles. The minimum atomic E-state index is -0.340. The quantitative estimate of drug-likeness (QED) is 0.679. The molecule has 0 aliphatic heterocycles. The normalized spacial score (nSPS) is 10.6. The molecule has 2 aromatic carbocycles. The molecule has 0 aliphatic carbocycles. The lowest BCUT2D eigenvalue weighted by Gasteiger charge is -2.11. The Bertz CT molecular complexity index is 950. The molecule has 0 unspecified atom stereocenters. The Hall–Kier alpha value is -2.79. The lowest BCUT2D eigenvalue weighted by atomic mass is 10.1. The Balaban J connectivity index is 1.80. The number of hydrogen-bond acceptors (Lipinski definition) is 4. The summed E-state index contributed by atoms with van der Waals surface area (Å²) in [6.07, 6.45) is 0. The van der Waals surface area contributed by atoms with Crippen LogP contribution in [0.4, 0.5) is 5.69 Å². The minimum absolute atomic E-state index is 0.134. The number of para-hydroxylation sites is 1. The second-order valence-corrected chi connectivity index (χ2v) is 6.39. The number of hydrogen-bond donors (Lipinski definition) is 1. The highest BCUT2D eigenvalue weighted by Crippen LogP contribution is 2.26. The molecule has 0 fully saturated rings. The Morgan fingerprint density at radius 1 is 1.15 bits per heavy atom. The van der Waals surface area contributed by atoms with Crippen molar-refractivity contribution in [1.29, 1.82) is 0 Å². The first-order valence-corrected chi connectivity index (χ1v) is 8.55. The van der Waals surface area contributed by atoms with Gasteiger partial charge in [-0.15, -0.1) is 0 Å². The topological polar surface area (TPSA) is 64.4 Å². The van der Waals surface area contributed by atoms with Gasteiger partial charge in [0.15, 0.2) is 5.69 Å². The van der Waals surface area contributed by atoms with Crippen LogP contribution in [0.1, 0.15) is 32.9 Å². The van der Waals surface area contributed by atoms with Crippen LogP contribution in [0.3, 0.4) is 0 Å². The van der Waals surface area contributed by atoms with E-state index < -0.39 is 0 Å². The van der Waals surface area contributed by atoms with Crippen LogP contribution in [-0.4, -0.2) is 11.1 Å². The van der Waals surface area contributed by atoms with E-state index in [0.29, 0.717) is 22.1 Å². The molecule has 0 aliphatic rings. The van der Waals surface area contributed by atoms with Crippen molar-refractivity contribution in [3.05, 3.63) is 75.6 Å². The zero-order valence-electron chi connectivity index (χ0n) is 14.8. The van der Waals surface area contributed by atoms with Crippen molar-refractivity contribution in [3.8, 4) is 5.75 Å². The van der Waals surface area contributed by atoms with E-state index in [4.69, 9.17) is 20.9 Å². The van der Waals surface area contributed by atoms with Gasteiger partial charge in [-0.05, 0) is 50.1 Å². The Morgan fingerprint density at radius 3 is 2.69 bits per heavy atom. The van der Waals surface area contributed by atoms with Crippen molar-refractivity contribution >= 4 is 23.2 Å². The molecule has 26 heavy (non-hydrogen) atoms. The molecule has 0 saturated heterocycles. The standard InChI is InChI=1S/C20H19ClN2O3/c1-12-7-6-9-17(13(12)2)22-20(24)19-15(14(3)26-23-19)11-25-18-10-5-4-8-16(18)21/h4-10H,11H2,1-3H3,(H,22,24). The minimum Gasteiger partial charge on any atom is -0.487 e. The molecule has 3 rings (SSSR count). The van der Waals surface area contributed by atoms with Crippen LogP contribution >= 0.6 is 11.6 Å². The number of amides is 1. The summed E-state index contributed by atoms with van der Waals surface area (Å²) in [6.45, 7) is 5.83. The summed E-state index contributed by atoms with van der Waals surface area (Å²) >= 11 is 6.10. The van der Waals surface area contributed by atoms with E-state index in [0.717, 1.165) is 16.8 Å².